The van der Waals surface area contributed by atoms with Crippen molar-refractivity contribution in [2.75, 3.05) is 6.54 Å². The van der Waals surface area contributed by atoms with Gasteiger partial charge in [0.25, 0.3) is 0 Å². The Morgan fingerprint density at radius 1 is 1.40 bits per heavy atom. The first-order valence-corrected chi connectivity index (χ1v) is 7.54. The maximum Gasteiger partial charge on any atom is 0.165 e. The van der Waals surface area contributed by atoms with Gasteiger partial charge in [0.05, 0.1) is 0 Å². The minimum absolute atomic E-state index is 0.301. The van der Waals surface area contributed by atoms with Gasteiger partial charge in [-0.1, -0.05) is 26.0 Å². The van der Waals surface area contributed by atoms with Crippen LogP contribution in [0.3, 0.4) is 0 Å². The Labute approximate surface area is 122 Å². The molecule has 1 N–H and O–H groups in total. The normalized spacial score (nSPS) is 11.0. The number of rotatable bonds is 7. The molecule has 1 heterocycles. The molecule has 5 heteroatoms. The fraction of sp³-hybridized carbons (Fsp3) is 0.400. The molecule has 0 unspecified atom stereocenters. The lowest BCUT2D eigenvalue weighted by atomic mass is 10.1. The highest BCUT2D eigenvalue weighted by molar-refractivity contribution is 7.09. The molecule has 3 nitrogen and oxygen atoms in total. The molecule has 0 saturated heterocycles. The molecule has 0 aliphatic carbocycles. The molecule has 2 rings (SSSR count). The number of hydrogen-bond donors (Lipinski definition) is 1. The Morgan fingerprint density at radius 3 is 2.95 bits per heavy atom. The number of benzene rings is 1. The van der Waals surface area contributed by atoms with Crippen molar-refractivity contribution in [2.45, 2.75) is 27.0 Å². The fourth-order valence-corrected chi connectivity index (χ4v) is 2.34. The first-order chi connectivity index (χ1) is 9.66. The number of ether oxygens (including phenoxy) is 1. The molecule has 1 aromatic carbocycles. The summed E-state index contributed by atoms with van der Waals surface area (Å²) in [4.78, 5) is 4.13. The van der Waals surface area contributed by atoms with Gasteiger partial charge in [0.15, 0.2) is 11.6 Å². The Bertz CT molecular complexity index is 529. The molecule has 0 spiro atoms. The molecule has 20 heavy (non-hydrogen) atoms. The van der Waals surface area contributed by atoms with Gasteiger partial charge in [-0.3, -0.25) is 0 Å². The van der Waals surface area contributed by atoms with Crippen LogP contribution in [0.4, 0.5) is 4.39 Å². The second-order valence-electron chi connectivity index (χ2n) is 4.97. The molecule has 0 atom stereocenters. The summed E-state index contributed by atoms with van der Waals surface area (Å²) < 4.78 is 19.5. The van der Waals surface area contributed by atoms with E-state index in [2.05, 4.69) is 24.1 Å². The van der Waals surface area contributed by atoms with Crippen molar-refractivity contribution in [1.29, 1.82) is 0 Å². The zero-order valence-electron chi connectivity index (χ0n) is 11.7. The Morgan fingerprint density at radius 2 is 2.25 bits per heavy atom. The molecule has 0 radical (unpaired) electrons. The highest BCUT2D eigenvalue weighted by atomic mass is 32.1. The standard InChI is InChI=1S/C15H19FN2OS/c1-11(2)8-17-9-12-4-3-5-13(16)15(12)19-10-14-18-6-7-20-14/h3-7,11,17H,8-10H2,1-2H3. The number of nitrogens with zero attached hydrogens (tertiary/aromatic N) is 1. The van der Waals surface area contributed by atoms with E-state index in [9.17, 15) is 4.39 Å². The van der Waals surface area contributed by atoms with Gasteiger partial charge in [0.1, 0.15) is 11.6 Å². The van der Waals surface area contributed by atoms with Gasteiger partial charge < -0.3 is 10.1 Å². The highest BCUT2D eigenvalue weighted by Crippen LogP contribution is 2.24. The van der Waals surface area contributed by atoms with E-state index in [1.807, 2.05) is 11.4 Å². The lowest BCUT2D eigenvalue weighted by Crippen LogP contribution is -2.19. The third-order valence-corrected chi connectivity index (χ3v) is 3.49. The third-order valence-electron chi connectivity index (χ3n) is 2.74. The van der Waals surface area contributed by atoms with Crippen LogP contribution in [0.2, 0.25) is 0 Å². The maximum atomic E-state index is 13.9. The van der Waals surface area contributed by atoms with Crippen LogP contribution in [0.15, 0.2) is 29.8 Å². The molecule has 108 valence electrons. The summed E-state index contributed by atoms with van der Waals surface area (Å²) in [5.74, 6) is 0.549. The van der Waals surface area contributed by atoms with Gasteiger partial charge >= 0.3 is 0 Å². The average molecular weight is 294 g/mol. The summed E-state index contributed by atoms with van der Waals surface area (Å²) in [6.07, 6.45) is 1.72. The van der Waals surface area contributed by atoms with Crippen molar-refractivity contribution < 1.29 is 9.13 Å². The van der Waals surface area contributed by atoms with E-state index >= 15 is 0 Å². The smallest absolute Gasteiger partial charge is 0.165 e. The van der Waals surface area contributed by atoms with E-state index < -0.39 is 0 Å². The zero-order chi connectivity index (χ0) is 14.4. The largest absolute Gasteiger partial charge is 0.483 e. The van der Waals surface area contributed by atoms with Gasteiger partial charge in [-0.15, -0.1) is 11.3 Å². The maximum absolute atomic E-state index is 13.9. The minimum atomic E-state index is -0.328. The van der Waals surface area contributed by atoms with Crippen LogP contribution in [-0.4, -0.2) is 11.5 Å². The molecule has 0 fully saturated rings. The molecular formula is C15H19FN2OS. The predicted octanol–water partition coefficient (Wildman–Crippen LogP) is 3.61. The van der Waals surface area contributed by atoms with Crippen LogP contribution >= 0.6 is 11.3 Å². The summed E-state index contributed by atoms with van der Waals surface area (Å²) >= 11 is 1.50. The quantitative estimate of drug-likeness (QED) is 0.847. The van der Waals surface area contributed by atoms with Gasteiger partial charge in [-0.05, 0) is 18.5 Å². The SMILES string of the molecule is CC(C)CNCc1cccc(F)c1OCc1nccs1. The van der Waals surface area contributed by atoms with E-state index in [1.54, 1.807) is 12.3 Å². The van der Waals surface area contributed by atoms with E-state index in [-0.39, 0.29) is 5.82 Å². The number of thiazole rings is 1. The summed E-state index contributed by atoms with van der Waals surface area (Å²) in [5.41, 5.74) is 0.835. The third kappa shape index (κ3) is 4.28. The summed E-state index contributed by atoms with van der Waals surface area (Å²) in [7, 11) is 0. The molecule has 0 aliphatic rings. The van der Waals surface area contributed by atoms with Crippen molar-refractivity contribution in [2.24, 2.45) is 5.92 Å². The molecule has 0 saturated carbocycles. The second kappa shape index (κ2) is 7.36. The second-order valence-corrected chi connectivity index (χ2v) is 5.95. The van der Waals surface area contributed by atoms with E-state index in [0.29, 0.717) is 24.8 Å². The molecule has 0 amide bonds. The Kier molecular flexibility index (Phi) is 5.49. The molecule has 0 bridgehead atoms. The van der Waals surface area contributed by atoms with Crippen LogP contribution in [0.25, 0.3) is 0 Å². The predicted molar refractivity (Wildman–Crippen MR) is 79.4 cm³/mol. The van der Waals surface area contributed by atoms with Gasteiger partial charge in [0, 0.05) is 23.7 Å². The van der Waals surface area contributed by atoms with Crippen LogP contribution in [-0.2, 0) is 13.2 Å². The number of hydrogen-bond acceptors (Lipinski definition) is 4. The minimum Gasteiger partial charge on any atom is -0.483 e. The zero-order valence-corrected chi connectivity index (χ0v) is 12.5. The number of halogens is 1. The summed E-state index contributed by atoms with van der Waals surface area (Å²) in [5, 5.41) is 6.02. The fourth-order valence-electron chi connectivity index (χ4n) is 1.81. The van der Waals surface area contributed by atoms with Gasteiger partial charge in [-0.25, -0.2) is 9.37 Å². The van der Waals surface area contributed by atoms with Crippen molar-refractivity contribution >= 4 is 11.3 Å². The first-order valence-electron chi connectivity index (χ1n) is 6.66. The van der Waals surface area contributed by atoms with Gasteiger partial charge in [0.2, 0.25) is 0 Å². The van der Waals surface area contributed by atoms with Crippen molar-refractivity contribution in [1.82, 2.24) is 10.3 Å². The lowest BCUT2D eigenvalue weighted by molar-refractivity contribution is 0.285. The molecule has 2 aromatic rings. The lowest BCUT2D eigenvalue weighted by Gasteiger charge is -2.13. The van der Waals surface area contributed by atoms with Crippen LogP contribution in [0.1, 0.15) is 24.4 Å². The van der Waals surface area contributed by atoms with Crippen molar-refractivity contribution in [3.63, 3.8) is 0 Å². The van der Waals surface area contributed by atoms with E-state index in [4.69, 9.17) is 4.74 Å². The Hall–Kier alpha value is -1.46. The highest BCUT2D eigenvalue weighted by Gasteiger charge is 2.10. The summed E-state index contributed by atoms with van der Waals surface area (Å²) in [6.45, 7) is 6.07. The average Bonchev–Trinajstić information content (AvgIpc) is 2.90. The van der Waals surface area contributed by atoms with Crippen LogP contribution < -0.4 is 10.1 Å². The molecule has 0 aliphatic heterocycles. The topological polar surface area (TPSA) is 34.1 Å². The van der Waals surface area contributed by atoms with Crippen LogP contribution in [0, 0.1) is 11.7 Å². The van der Waals surface area contributed by atoms with Crippen molar-refractivity contribution in [3.05, 3.63) is 46.2 Å². The van der Waals surface area contributed by atoms with Crippen LogP contribution in [0.5, 0.6) is 5.75 Å². The number of nitrogens with one attached hydrogen (secondary N) is 1. The Balaban J connectivity index is 2.01. The molecular weight excluding hydrogens is 275 g/mol. The van der Waals surface area contributed by atoms with Crippen molar-refractivity contribution in [3.8, 4) is 5.75 Å². The number of aromatic nitrogens is 1. The monoisotopic (exact) mass is 294 g/mol. The number of para-hydroxylation sites is 1. The summed E-state index contributed by atoms with van der Waals surface area (Å²) in [6, 6.07) is 5.01. The molecule has 1 aromatic heterocycles. The first kappa shape index (κ1) is 14.9. The van der Waals surface area contributed by atoms with E-state index in [1.165, 1.54) is 17.4 Å². The van der Waals surface area contributed by atoms with Gasteiger partial charge in [-0.2, -0.15) is 0 Å². The van der Waals surface area contributed by atoms with E-state index in [0.717, 1.165) is 17.1 Å².